The van der Waals surface area contributed by atoms with Gasteiger partial charge in [-0.3, -0.25) is 0 Å². The van der Waals surface area contributed by atoms with Crippen LogP contribution in [-0.4, -0.2) is 31.8 Å². The first-order valence-corrected chi connectivity index (χ1v) is 12.8. The molecule has 0 bridgehead atoms. The summed E-state index contributed by atoms with van der Waals surface area (Å²) in [5.74, 6) is 1.57. The standard InChI is InChI=1S/C30H35NO3/c32-30(26-7-2-1-3-8-26)34-20-22-10-14-25(15-11-22)28-16-17-31-19-29(28)33-21-23-12-13-24-6-4-5-9-27(24)18-23/h1-9,12-13,18,22,25,28-29,31H,10-11,14-17,19-21H2. The van der Waals surface area contributed by atoms with Crippen LogP contribution in [0.15, 0.2) is 72.8 Å². The van der Waals surface area contributed by atoms with E-state index in [9.17, 15) is 4.79 Å². The topological polar surface area (TPSA) is 47.6 Å². The lowest BCUT2D eigenvalue weighted by Crippen LogP contribution is -2.45. The zero-order chi connectivity index (χ0) is 23.2. The molecular weight excluding hydrogens is 422 g/mol. The van der Waals surface area contributed by atoms with Gasteiger partial charge in [0.25, 0.3) is 0 Å². The first-order chi connectivity index (χ1) is 16.8. The van der Waals surface area contributed by atoms with Crippen LogP contribution in [-0.2, 0) is 16.1 Å². The smallest absolute Gasteiger partial charge is 0.338 e. The number of carbonyl (C=O) groups excluding carboxylic acids is 1. The molecule has 5 rings (SSSR count). The van der Waals surface area contributed by atoms with Gasteiger partial charge in [-0.25, -0.2) is 4.79 Å². The summed E-state index contributed by atoms with van der Waals surface area (Å²) < 4.78 is 12.1. The lowest BCUT2D eigenvalue weighted by Gasteiger charge is -2.40. The Balaban J connectivity index is 1.11. The van der Waals surface area contributed by atoms with Crippen LogP contribution in [0.5, 0.6) is 0 Å². The molecule has 0 aromatic heterocycles. The van der Waals surface area contributed by atoms with Crippen molar-refractivity contribution in [2.75, 3.05) is 19.7 Å². The Morgan fingerprint density at radius 1 is 0.853 bits per heavy atom. The second-order valence-corrected chi connectivity index (χ2v) is 9.93. The number of fused-ring (bicyclic) bond motifs is 1. The van der Waals surface area contributed by atoms with Gasteiger partial charge in [0.2, 0.25) is 0 Å². The Morgan fingerprint density at radius 2 is 1.62 bits per heavy atom. The molecule has 1 aliphatic carbocycles. The summed E-state index contributed by atoms with van der Waals surface area (Å²) in [5, 5.41) is 6.09. The van der Waals surface area contributed by atoms with Gasteiger partial charge in [0, 0.05) is 6.54 Å². The number of ether oxygens (including phenoxy) is 2. The Morgan fingerprint density at radius 3 is 2.44 bits per heavy atom. The fourth-order valence-electron chi connectivity index (χ4n) is 5.74. The largest absolute Gasteiger partial charge is 0.462 e. The van der Waals surface area contributed by atoms with E-state index in [2.05, 4.69) is 47.8 Å². The lowest BCUT2D eigenvalue weighted by molar-refractivity contribution is -0.0410. The van der Waals surface area contributed by atoms with Gasteiger partial charge in [-0.05, 0) is 90.9 Å². The third-order valence-electron chi connectivity index (χ3n) is 7.71. The summed E-state index contributed by atoms with van der Waals surface area (Å²) >= 11 is 0. The molecule has 1 aliphatic heterocycles. The average Bonchev–Trinajstić information content (AvgIpc) is 2.91. The van der Waals surface area contributed by atoms with Crippen LogP contribution in [0.1, 0.15) is 48.0 Å². The van der Waals surface area contributed by atoms with Gasteiger partial charge in [0.1, 0.15) is 0 Å². The van der Waals surface area contributed by atoms with E-state index in [0.29, 0.717) is 36.5 Å². The van der Waals surface area contributed by atoms with Gasteiger partial charge in [-0.15, -0.1) is 0 Å². The van der Waals surface area contributed by atoms with Crippen molar-refractivity contribution < 1.29 is 14.3 Å². The van der Waals surface area contributed by atoms with Crippen molar-refractivity contribution in [3.63, 3.8) is 0 Å². The van der Waals surface area contributed by atoms with Crippen molar-refractivity contribution in [2.45, 2.75) is 44.8 Å². The molecule has 0 radical (unpaired) electrons. The molecule has 2 atom stereocenters. The summed E-state index contributed by atoms with van der Waals surface area (Å²) in [6, 6.07) is 24.4. The third-order valence-corrected chi connectivity index (χ3v) is 7.71. The van der Waals surface area contributed by atoms with E-state index in [1.165, 1.54) is 35.6 Å². The molecule has 2 aliphatic rings. The van der Waals surface area contributed by atoms with Crippen LogP contribution in [0.3, 0.4) is 0 Å². The van der Waals surface area contributed by atoms with Crippen LogP contribution in [0.25, 0.3) is 10.8 Å². The van der Waals surface area contributed by atoms with E-state index in [-0.39, 0.29) is 12.1 Å². The van der Waals surface area contributed by atoms with Crippen LogP contribution in [0, 0.1) is 17.8 Å². The van der Waals surface area contributed by atoms with Crippen molar-refractivity contribution >= 4 is 16.7 Å². The minimum atomic E-state index is -0.205. The predicted octanol–water partition coefficient (Wildman–Crippen LogP) is 6.00. The number of rotatable bonds is 7. The molecule has 4 heteroatoms. The molecule has 3 aromatic rings. The summed E-state index contributed by atoms with van der Waals surface area (Å²) in [5.41, 5.74) is 1.88. The van der Waals surface area contributed by atoms with Crippen LogP contribution < -0.4 is 5.32 Å². The average molecular weight is 458 g/mol. The quantitative estimate of drug-likeness (QED) is 0.442. The van der Waals surface area contributed by atoms with Crippen molar-refractivity contribution in [2.24, 2.45) is 17.8 Å². The zero-order valence-corrected chi connectivity index (χ0v) is 19.8. The molecule has 0 amide bonds. The predicted molar refractivity (Wildman–Crippen MR) is 136 cm³/mol. The maximum absolute atomic E-state index is 12.3. The SMILES string of the molecule is O=C(OCC1CCC(C2CCNCC2OCc2ccc3ccccc3c2)CC1)c1ccccc1. The molecule has 1 heterocycles. The molecular formula is C30H35NO3. The Labute approximate surface area is 202 Å². The van der Waals surface area contributed by atoms with Crippen molar-refractivity contribution in [1.82, 2.24) is 5.32 Å². The van der Waals surface area contributed by atoms with E-state index in [1.54, 1.807) is 0 Å². The number of benzene rings is 3. The third kappa shape index (κ3) is 5.68. The van der Waals surface area contributed by atoms with Gasteiger partial charge >= 0.3 is 5.97 Å². The number of carbonyl (C=O) groups is 1. The highest BCUT2D eigenvalue weighted by Gasteiger charge is 2.35. The summed E-state index contributed by atoms with van der Waals surface area (Å²) in [7, 11) is 0. The highest BCUT2D eigenvalue weighted by Crippen LogP contribution is 2.38. The number of piperidine rings is 1. The van der Waals surface area contributed by atoms with Crippen molar-refractivity contribution in [3.8, 4) is 0 Å². The number of esters is 1. The molecule has 1 saturated heterocycles. The monoisotopic (exact) mass is 457 g/mol. The maximum atomic E-state index is 12.3. The van der Waals surface area contributed by atoms with E-state index in [0.717, 1.165) is 25.9 Å². The Kier molecular flexibility index (Phi) is 7.57. The molecule has 0 spiro atoms. The first-order valence-electron chi connectivity index (χ1n) is 12.8. The molecule has 4 nitrogen and oxygen atoms in total. The summed E-state index contributed by atoms with van der Waals surface area (Å²) in [4.78, 5) is 12.3. The summed E-state index contributed by atoms with van der Waals surface area (Å²) in [6.07, 6.45) is 6.11. The summed E-state index contributed by atoms with van der Waals surface area (Å²) in [6.45, 7) is 3.22. The van der Waals surface area contributed by atoms with Gasteiger partial charge in [-0.1, -0.05) is 54.6 Å². The van der Waals surface area contributed by atoms with E-state index < -0.39 is 0 Å². The van der Waals surface area contributed by atoms with Crippen LogP contribution >= 0.6 is 0 Å². The molecule has 178 valence electrons. The van der Waals surface area contributed by atoms with Gasteiger partial charge in [-0.2, -0.15) is 0 Å². The van der Waals surface area contributed by atoms with Crippen LogP contribution in [0.4, 0.5) is 0 Å². The normalized spacial score (nSPS) is 25.2. The van der Waals surface area contributed by atoms with E-state index in [1.807, 2.05) is 30.3 Å². The number of hydrogen-bond acceptors (Lipinski definition) is 4. The molecule has 2 fully saturated rings. The highest BCUT2D eigenvalue weighted by atomic mass is 16.5. The maximum Gasteiger partial charge on any atom is 0.338 e. The van der Waals surface area contributed by atoms with E-state index in [4.69, 9.17) is 9.47 Å². The molecule has 1 saturated carbocycles. The molecule has 34 heavy (non-hydrogen) atoms. The van der Waals surface area contributed by atoms with Gasteiger partial charge < -0.3 is 14.8 Å². The Hall–Kier alpha value is -2.69. The van der Waals surface area contributed by atoms with Crippen molar-refractivity contribution in [1.29, 1.82) is 0 Å². The van der Waals surface area contributed by atoms with Gasteiger partial charge in [0.15, 0.2) is 0 Å². The van der Waals surface area contributed by atoms with Crippen molar-refractivity contribution in [3.05, 3.63) is 83.9 Å². The molecule has 1 N–H and O–H groups in total. The lowest BCUT2D eigenvalue weighted by atomic mass is 9.72. The fourth-order valence-corrected chi connectivity index (χ4v) is 5.74. The van der Waals surface area contributed by atoms with Gasteiger partial charge in [0.05, 0.1) is 24.9 Å². The second-order valence-electron chi connectivity index (χ2n) is 9.93. The number of hydrogen-bond donors (Lipinski definition) is 1. The highest BCUT2D eigenvalue weighted by molar-refractivity contribution is 5.89. The zero-order valence-electron chi connectivity index (χ0n) is 19.8. The minimum absolute atomic E-state index is 0.205. The second kappa shape index (κ2) is 11.2. The molecule has 3 aromatic carbocycles. The molecule has 2 unspecified atom stereocenters. The van der Waals surface area contributed by atoms with Crippen LogP contribution in [0.2, 0.25) is 0 Å². The number of nitrogens with one attached hydrogen (secondary N) is 1. The first kappa shape index (κ1) is 23.1. The minimum Gasteiger partial charge on any atom is -0.462 e. The Bertz CT molecular complexity index is 1070. The van der Waals surface area contributed by atoms with E-state index >= 15 is 0 Å². The fraction of sp³-hybridized carbons (Fsp3) is 0.433.